The summed E-state index contributed by atoms with van der Waals surface area (Å²) in [5.41, 5.74) is 3.55. The van der Waals surface area contributed by atoms with Gasteiger partial charge < -0.3 is 24.8 Å². The second-order valence-electron chi connectivity index (χ2n) is 15.7. The highest BCUT2D eigenvalue weighted by molar-refractivity contribution is 5.94. The molecular weight excluding hydrogens is 697 g/mol. The highest BCUT2D eigenvalue weighted by Gasteiger charge is 2.38. The number of ether oxygens (including phenoxy) is 3. The monoisotopic (exact) mass is 746 g/mol. The minimum Gasteiger partial charge on any atom is -0.491 e. The van der Waals surface area contributed by atoms with Crippen molar-refractivity contribution in [2.45, 2.75) is 65.5 Å². The molecule has 286 valence electrons. The van der Waals surface area contributed by atoms with Gasteiger partial charge in [-0.1, -0.05) is 106 Å². The Morgan fingerprint density at radius 1 is 0.500 bits per heavy atom. The van der Waals surface area contributed by atoms with Crippen LogP contribution in [0.5, 0.6) is 23.0 Å². The van der Waals surface area contributed by atoms with Gasteiger partial charge in [-0.05, 0) is 123 Å². The van der Waals surface area contributed by atoms with Crippen molar-refractivity contribution in [3.05, 3.63) is 180 Å². The normalized spacial score (nSPS) is 11.8. The maximum Gasteiger partial charge on any atom is 0.336 e. The third-order valence-electron chi connectivity index (χ3n) is 9.42. The van der Waals surface area contributed by atoms with Gasteiger partial charge in [0.15, 0.2) is 0 Å². The van der Waals surface area contributed by atoms with Crippen LogP contribution in [0.15, 0.2) is 158 Å². The Bertz CT molecular complexity index is 2170. The molecule has 0 aromatic heterocycles. The number of hydrogen-bond acceptors (Lipinski definition) is 6. The van der Waals surface area contributed by atoms with E-state index in [-0.39, 0.29) is 12.0 Å². The van der Waals surface area contributed by atoms with Gasteiger partial charge in [0.1, 0.15) is 28.5 Å². The van der Waals surface area contributed by atoms with Gasteiger partial charge in [-0.15, -0.1) is 0 Å². The average molecular weight is 747 g/mol. The van der Waals surface area contributed by atoms with E-state index >= 15 is 0 Å². The van der Waals surface area contributed by atoms with Gasteiger partial charge in [0, 0.05) is 16.8 Å². The lowest BCUT2D eigenvalue weighted by atomic mass is 9.65. The minimum absolute atomic E-state index is 0.0569. The summed E-state index contributed by atoms with van der Waals surface area (Å²) in [6, 6.07) is 51.6. The van der Waals surface area contributed by atoms with Crippen LogP contribution >= 0.6 is 0 Å². The zero-order chi connectivity index (χ0) is 39.9. The van der Waals surface area contributed by atoms with Crippen molar-refractivity contribution in [1.29, 1.82) is 0 Å². The fraction of sp³-hybridized carbons (Fsp3) is 0.224. The highest BCUT2D eigenvalue weighted by Crippen LogP contribution is 2.46. The molecule has 7 nitrogen and oxygen atoms in total. The summed E-state index contributed by atoms with van der Waals surface area (Å²) >= 11 is 0. The van der Waals surface area contributed by atoms with Crippen molar-refractivity contribution in [3.8, 4) is 23.0 Å². The van der Waals surface area contributed by atoms with Crippen LogP contribution in [0.4, 0.5) is 11.4 Å². The van der Waals surface area contributed by atoms with Gasteiger partial charge >= 0.3 is 5.97 Å². The predicted octanol–water partition coefficient (Wildman–Crippen LogP) is 11.4. The third kappa shape index (κ3) is 9.12. The summed E-state index contributed by atoms with van der Waals surface area (Å²) in [6.45, 7) is 13.2. The number of carbonyl (C=O) groups is 2. The van der Waals surface area contributed by atoms with Gasteiger partial charge in [0.25, 0.3) is 0 Å². The molecule has 0 radical (unpaired) electrons. The zero-order valence-corrected chi connectivity index (χ0v) is 33.1. The van der Waals surface area contributed by atoms with Gasteiger partial charge in [0.2, 0.25) is 5.91 Å². The number of rotatable bonds is 13. The first kappa shape index (κ1) is 39.4. The number of benzene rings is 6. The molecule has 0 aliphatic rings. The first-order chi connectivity index (χ1) is 26.7. The lowest BCUT2D eigenvalue weighted by Crippen LogP contribution is -2.43. The molecule has 0 bridgehead atoms. The summed E-state index contributed by atoms with van der Waals surface area (Å²) < 4.78 is 18.0. The summed E-state index contributed by atoms with van der Waals surface area (Å²) in [5, 5.41) is 6.22. The third-order valence-corrected chi connectivity index (χ3v) is 9.42. The molecule has 0 fully saturated rings. The van der Waals surface area contributed by atoms with Crippen LogP contribution in [0.1, 0.15) is 70.7 Å². The molecule has 0 saturated carbocycles. The van der Waals surface area contributed by atoms with Crippen molar-refractivity contribution in [3.63, 3.8) is 0 Å². The molecule has 0 heterocycles. The molecule has 0 unspecified atom stereocenters. The molecule has 56 heavy (non-hydrogen) atoms. The van der Waals surface area contributed by atoms with E-state index in [1.165, 1.54) is 0 Å². The fourth-order valence-electron chi connectivity index (χ4n) is 6.52. The van der Waals surface area contributed by atoms with E-state index in [4.69, 9.17) is 14.2 Å². The number of amides is 1. The Labute approximate surface area is 330 Å². The average Bonchev–Trinajstić information content (AvgIpc) is 3.18. The molecule has 0 aliphatic heterocycles. The van der Waals surface area contributed by atoms with Gasteiger partial charge in [-0.3, -0.25) is 4.79 Å². The molecule has 0 spiro atoms. The zero-order valence-electron chi connectivity index (χ0n) is 33.1. The predicted molar refractivity (Wildman–Crippen MR) is 225 cm³/mol. The SMILES string of the molecule is CC(C)Oc1ccc(C(c2ccccc2)(c2ccccc2)c2ccc(OC(=O)C(C)(C)Nc3ccc(Oc4ccc(NC(=O)C(C)(C)C)cc4)cc3)cc2)cc1. The van der Waals surface area contributed by atoms with Crippen molar-refractivity contribution in [1.82, 2.24) is 0 Å². The lowest BCUT2D eigenvalue weighted by molar-refractivity contribution is -0.138. The largest absolute Gasteiger partial charge is 0.491 e. The first-order valence-corrected chi connectivity index (χ1v) is 18.9. The Morgan fingerprint density at radius 2 is 0.911 bits per heavy atom. The highest BCUT2D eigenvalue weighted by atomic mass is 16.5. The lowest BCUT2D eigenvalue weighted by Gasteiger charge is -2.37. The Kier molecular flexibility index (Phi) is 11.6. The molecular formula is C49H50N2O5. The second-order valence-corrected chi connectivity index (χ2v) is 15.7. The van der Waals surface area contributed by atoms with Crippen LogP contribution < -0.4 is 24.8 Å². The molecule has 6 aromatic carbocycles. The van der Waals surface area contributed by atoms with E-state index in [9.17, 15) is 9.59 Å². The smallest absolute Gasteiger partial charge is 0.336 e. The van der Waals surface area contributed by atoms with Crippen LogP contribution in [0.3, 0.4) is 0 Å². The second kappa shape index (κ2) is 16.6. The van der Waals surface area contributed by atoms with E-state index in [0.29, 0.717) is 22.9 Å². The number of nitrogens with one attached hydrogen (secondary N) is 2. The van der Waals surface area contributed by atoms with Crippen molar-refractivity contribution in [2.24, 2.45) is 5.41 Å². The molecule has 2 N–H and O–H groups in total. The van der Waals surface area contributed by atoms with Crippen LogP contribution in [-0.4, -0.2) is 23.5 Å². The minimum atomic E-state index is -1.05. The van der Waals surface area contributed by atoms with E-state index in [1.807, 2.05) is 120 Å². The van der Waals surface area contributed by atoms with E-state index in [1.54, 1.807) is 26.0 Å². The summed E-state index contributed by atoms with van der Waals surface area (Å²) in [4.78, 5) is 25.9. The molecule has 6 aromatic rings. The first-order valence-electron chi connectivity index (χ1n) is 18.9. The van der Waals surface area contributed by atoms with E-state index < -0.39 is 22.3 Å². The Hall–Kier alpha value is -6.34. The fourth-order valence-corrected chi connectivity index (χ4v) is 6.52. The van der Waals surface area contributed by atoms with Crippen molar-refractivity contribution >= 4 is 23.3 Å². The maximum atomic E-state index is 13.6. The maximum absolute atomic E-state index is 13.6. The van der Waals surface area contributed by atoms with Crippen molar-refractivity contribution in [2.75, 3.05) is 10.6 Å². The number of hydrogen-bond donors (Lipinski definition) is 2. The summed E-state index contributed by atoms with van der Waals surface area (Å²) in [5.74, 6) is 2.03. The standard InChI is InChI=1S/C49H50N2O5/c1-34(2)54-41-26-18-37(19-27-41)49(35-14-10-8-11-15-35,36-16-12-9-13-17-36)38-20-28-44(29-21-38)56-46(53)48(6,7)51-40-24-32-43(33-25-40)55-42-30-22-39(23-31-42)50-45(52)47(3,4)5/h8-34,51H,1-7H3,(H,50,52). The van der Waals surface area contributed by atoms with E-state index in [2.05, 4.69) is 71.3 Å². The van der Waals surface area contributed by atoms with E-state index in [0.717, 1.165) is 33.7 Å². The number of carbonyl (C=O) groups excluding carboxylic acids is 2. The van der Waals surface area contributed by atoms with Gasteiger partial charge in [-0.25, -0.2) is 4.79 Å². The van der Waals surface area contributed by atoms with Crippen LogP contribution in [-0.2, 0) is 15.0 Å². The summed E-state index contributed by atoms with van der Waals surface area (Å²) in [7, 11) is 0. The Balaban J connectivity index is 1.17. The molecule has 7 heteroatoms. The van der Waals surface area contributed by atoms with Crippen LogP contribution in [0, 0.1) is 5.41 Å². The van der Waals surface area contributed by atoms with Gasteiger partial charge in [0.05, 0.1) is 11.5 Å². The topological polar surface area (TPSA) is 85.9 Å². The molecule has 0 atom stereocenters. The molecule has 0 saturated heterocycles. The molecule has 0 aliphatic carbocycles. The van der Waals surface area contributed by atoms with Gasteiger partial charge in [-0.2, -0.15) is 0 Å². The number of anilines is 2. The summed E-state index contributed by atoms with van der Waals surface area (Å²) in [6.07, 6.45) is 0.0661. The quantitative estimate of drug-likeness (QED) is 0.0695. The molecule has 1 amide bonds. The molecule has 6 rings (SSSR count). The van der Waals surface area contributed by atoms with Crippen molar-refractivity contribution < 1.29 is 23.8 Å². The van der Waals surface area contributed by atoms with Crippen LogP contribution in [0.2, 0.25) is 0 Å². The number of esters is 1. The Morgan fingerprint density at radius 3 is 1.36 bits per heavy atom. The van der Waals surface area contributed by atoms with Crippen LogP contribution in [0.25, 0.3) is 0 Å².